The predicted molar refractivity (Wildman–Crippen MR) is 86.0 cm³/mol. The third kappa shape index (κ3) is 6.53. The topological polar surface area (TPSA) is 36.4 Å². The number of aliphatic imine (C=N–C) groups is 1. The Hall–Kier alpha value is -1.16. The van der Waals surface area contributed by atoms with E-state index in [4.69, 9.17) is 0 Å². The Morgan fingerprint density at radius 2 is 1.89 bits per heavy atom. The van der Waals surface area contributed by atoms with E-state index in [9.17, 15) is 0 Å². The summed E-state index contributed by atoms with van der Waals surface area (Å²) in [7, 11) is 1.81. The van der Waals surface area contributed by atoms with Crippen molar-refractivity contribution >= 4 is 17.7 Å². The molecule has 1 aromatic carbocycles. The first-order chi connectivity index (χ1) is 9.13. The van der Waals surface area contributed by atoms with Crippen molar-refractivity contribution in [2.45, 2.75) is 31.7 Å². The van der Waals surface area contributed by atoms with Crippen LogP contribution < -0.4 is 10.6 Å². The fourth-order valence-electron chi connectivity index (χ4n) is 1.43. The lowest BCUT2D eigenvalue weighted by Crippen LogP contribution is -2.44. The van der Waals surface area contributed by atoms with Crippen LogP contribution in [0.2, 0.25) is 0 Å². The van der Waals surface area contributed by atoms with Crippen molar-refractivity contribution in [2.75, 3.05) is 19.3 Å². The van der Waals surface area contributed by atoms with Crippen LogP contribution >= 0.6 is 11.8 Å². The highest BCUT2D eigenvalue weighted by atomic mass is 32.2. The van der Waals surface area contributed by atoms with Crippen LogP contribution in [0.25, 0.3) is 0 Å². The van der Waals surface area contributed by atoms with Gasteiger partial charge in [-0.15, -0.1) is 11.8 Å². The van der Waals surface area contributed by atoms with Gasteiger partial charge >= 0.3 is 0 Å². The highest BCUT2D eigenvalue weighted by Gasteiger charge is 2.08. The molecule has 1 aromatic rings. The van der Waals surface area contributed by atoms with Gasteiger partial charge in [-0.2, -0.15) is 0 Å². The minimum Gasteiger partial charge on any atom is -0.356 e. The molecule has 0 heterocycles. The van der Waals surface area contributed by atoms with Crippen LogP contribution in [0.4, 0.5) is 0 Å². The Labute approximate surface area is 121 Å². The van der Waals surface area contributed by atoms with Crippen molar-refractivity contribution in [3.8, 4) is 0 Å². The minimum absolute atomic E-state index is 0.424. The zero-order valence-electron chi connectivity index (χ0n) is 12.3. The molecular formula is C15H25N3S. The van der Waals surface area contributed by atoms with Crippen LogP contribution in [0.15, 0.2) is 40.2 Å². The minimum atomic E-state index is 0.424. The number of nitrogens with zero attached hydrogens (tertiary/aromatic N) is 1. The molecule has 4 heteroatoms. The maximum absolute atomic E-state index is 4.24. The van der Waals surface area contributed by atoms with Gasteiger partial charge in [0.2, 0.25) is 0 Å². The summed E-state index contributed by atoms with van der Waals surface area (Å²) in [6, 6.07) is 10.9. The molecule has 0 spiro atoms. The van der Waals surface area contributed by atoms with Gasteiger partial charge in [0.25, 0.3) is 0 Å². The Morgan fingerprint density at radius 3 is 2.47 bits per heavy atom. The first-order valence-electron chi connectivity index (χ1n) is 6.78. The monoisotopic (exact) mass is 279 g/mol. The van der Waals surface area contributed by atoms with E-state index >= 15 is 0 Å². The Balaban J connectivity index is 2.23. The number of rotatable bonds is 6. The van der Waals surface area contributed by atoms with Gasteiger partial charge in [-0.05, 0) is 25.0 Å². The summed E-state index contributed by atoms with van der Waals surface area (Å²) in [4.78, 5) is 5.55. The summed E-state index contributed by atoms with van der Waals surface area (Å²) in [6.07, 6.45) is 0. The molecule has 2 N–H and O–H groups in total. The van der Waals surface area contributed by atoms with Gasteiger partial charge in [-0.3, -0.25) is 4.99 Å². The summed E-state index contributed by atoms with van der Waals surface area (Å²) in [5, 5.41) is 6.74. The summed E-state index contributed by atoms with van der Waals surface area (Å²) < 4.78 is 0. The lowest BCUT2D eigenvalue weighted by molar-refractivity contribution is 0.481. The Bertz CT molecular complexity index is 376. The van der Waals surface area contributed by atoms with Gasteiger partial charge in [-0.25, -0.2) is 0 Å². The molecule has 1 atom stereocenters. The molecule has 106 valence electrons. The maximum Gasteiger partial charge on any atom is 0.191 e. The normalized spacial score (nSPS) is 13.4. The van der Waals surface area contributed by atoms with E-state index in [1.54, 1.807) is 0 Å². The molecule has 0 aliphatic heterocycles. The number of hydrogen-bond donors (Lipinski definition) is 2. The molecule has 1 rings (SSSR count). The molecule has 0 amide bonds. The number of nitrogens with one attached hydrogen (secondary N) is 2. The van der Waals surface area contributed by atoms with Gasteiger partial charge in [-0.1, -0.05) is 32.0 Å². The van der Waals surface area contributed by atoms with Crippen molar-refractivity contribution in [2.24, 2.45) is 10.9 Å². The van der Waals surface area contributed by atoms with Gasteiger partial charge < -0.3 is 10.6 Å². The number of guanidine groups is 1. The van der Waals surface area contributed by atoms with Gasteiger partial charge in [0.15, 0.2) is 5.96 Å². The molecule has 0 saturated heterocycles. The zero-order chi connectivity index (χ0) is 14.1. The van der Waals surface area contributed by atoms with Gasteiger partial charge in [0.05, 0.1) is 0 Å². The lowest BCUT2D eigenvalue weighted by Gasteiger charge is -2.20. The van der Waals surface area contributed by atoms with Crippen molar-refractivity contribution in [1.82, 2.24) is 10.6 Å². The van der Waals surface area contributed by atoms with Crippen molar-refractivity contribution in [3.63, 3.8) is 0 Å². The molecule has 0 radical (unpaired) electrons. The van der Waals surface area contributed by atoms with Crippen LogP contribution in [0, 0.1) is 5.92 Å². The third-order valence-corrected chi connectivity index (χ3v) is 4.01. The quantitative estimate of drug-likeness (QED) is 0.364. The fraction of sp³-hybridized carbons (Fsp3) is 0.533. The van der Waals surface area contributed by atoms with Crippen LogP contribution in [0.1, 0.15) is 20.8 Å². The Kier molecular flexibility index (Phi) is 7.41. The maximum atomic E-state index is 4.24. The fourth-order valence-corrected chi connectivity index (χ4v) is 2.22. The van der Waals surface area contributed by atoms with E-state index in [-0.39, 0.29) is 0 Å². The second-order valence-electron chi connectivity index (χ2n) is 4.84. The van der Waals surface area contributed by atoms with Crippen LogP contribution in [0.3, 0.4) is 0 Å². The van der Waals surface area contributed by atoms with E-state index in [0.29, 0.717) is 12.0 Å². The van der Waals surface area contributed by atoms with Crippen molar-refractivity contribution < 1.29 is 0 Å². The van der Waals surface area contributed by atoms with E-state index < -0.39 is 0 Å². The van der Waals surface area contributed by atoms with Gasteiger partial charge in [0.1, 0.15) is 0 Å². The van der Waals surface area contributed by atoms with E-state index in [2.05, 4.69) is 60.7 Å². The van der Waals surface area contributed by atoms with Gasteiger partial charge in [0, 0.05) is 30.3 Å². The molecule has 0 saturated carbocycles. The summed E-state index contributed by atoms with van der Waals surface area (Å²) in [5.74, 6) is 2.51. The smallest absolute Gasteiger partial charge is 0.191 e. The molecule has 3 nitrogen and oxygen atoms in total. The highest BCUT2D eigenvalue weighted by molar-refractivity contribution is 7.99. The molecule has 19 heavy (non-hydrogen) atoms. The van der Waals surface area contributed by atoms with E-state index in [0.717, 1.165) is 18.3 Å². The average molecular weight is 279 g/mol. The second kappa shape index (κ2) is 8.86. The van der Waals surface area contributed by atoms with E-state index in [1.165, 1.54) is 4.90 Å². The summed E-state index contributed by atoms with van der Waals surface area (Å²) in [5.41, 5.74) is 0. The first-order valence-corrected chi connectivity index (χ1v) is 7.77. The highest BCUT2D eigenvalue weighted by Crippen LogP contribution is 2.15. The molecular weight excluding hydrogens is 254 g/mol. The average Bonchev–Trinajstić information content (AvgIpc) is 2.43. The number of benzene rings is 1. The molecule has 0 aliphatic carbocycles. The van der Waals surface area contributed by atoms with Crippen LogP contribution in [-0.4, -0.2) is 31.3 Å². The van der Waals surface area contributed by atoms with Crippen molar-refractivity contribution in [3.05, 3.63) is 30.3 Å². The molecule has 0 fully saturated rings. The summed E-state index contributed by atoms with van der Waals surface area (Å²) >= 11 is 1.85. The van der Waals surface area contributed by atoms with Crippen LogP contribution in [-0.2, 0) is 0 Å². The largest absolute Gasteiger partial charge is 0.356 e. The third-order valence-electron chi connectivity index (χ3n) is 2.99. The molecule has 1 unspecified atom stereocenters. The summed E-state index contributed by atoms with van der Waals surface area (Å²) in [6.45, 7) is 7.49. The van der Waals surface area contributed by atoms with Crippen LogP contribution in [0.5, 0.6) is 0 Å². The second-order valence-corrected chi connectivity index (χ2v) is 6.01. The lowest BCUT2D eigenvalue weighted by atomic mass is 10.1. The first kappa shape index (κ1) is 15.9. The van der Waals surface area contributed by atoms with E-state index in [1.807, 2.05) is 24.9 Å². The predicted octanol–water partition coefficient (Wildman–Crippen LogP) is 2.99. The zero-order valence-corrected chi connectivity index (χ0v) is 13.1. The standard InChI is InChI=1S/C15H25N3S/c1-12(2)13(3)18-15(16-4)17-10-11-19-14-8-6-5-7-9-14/h5-9,12-13H,10-11H2,1-4H3,(H2,16,17,18). The molecule has 0 aromatic heterocycles. The molecule has 0 bridgehead atoms. The SMILES string of the molecule is CN=C(NCCSc1ccccc1)NC(C)C(C)C. The number of thioether (sulfide) groups is 1. The molecule has 0 aliphatic rings. The van der Waals surface area contributed by atoms with Crippen molar-refractivity contribution in [1.29, 1.82) is 0 Å². The Morgan fingerprint density at radius 1 is 1.21 bits per heavy atom. The number of hydrogen-bond acceptors (Lipinski definition) is 2.